The van der Waals surface area contributed by atoms with E-state index in [1.165, 1.54) is 0 Å². The number of hydrogen-bond acceptors (Lipinski definition) is 2. The Bertz CT molecular complexity index is 566. The normalized spacial score (nSPS) is 18.9. The van der Waals surface area contributed by atoms with Gasteiger partial charge in [0.05, 0.1) is 0 Å². The Morgan fingerprint density at radius 1 is 1.27 bits per heavy atom. The number of carbonyl (C=O) groups excluding carboxylic acids is 2. The second-order valence-electron chi connectivity index (χ2n) is 6.89. The first-order valence-corrected chi connectivity index (χ1v) is 7.99. The van der Waals surface area contributed by atoms with E-state index >= 15 is 0 Å². The highest BCUT2D eigenvalue weighted by Crippen LogP contribution is 2.26. The van der Waals surface area contributed by atoms with Crippen LogP contribution < -0.4 is 5.32 Å². The summed E-state index contributed by atoms with van der Waals surface area (Å²) in [6.07, 6.45) is 2.17. The molecule has 0 spiro atoms. The molecular formula is C18H26N2O2. The van der Waals surface area contributed by atoms with Gasteiger partial charge in [-0.15, -0.1) is 0 Å². The summed E-state index contributed by atoms with van der Waals surface area (Å²) in [5.74, 6) is 0.183. The lowest BCUT2D eigenvalue weighted by molar-refractivity contribution is -0.147. The van der Waals surface area contributed by atoms with Crippen molar-refractivity contribution < 1.29 is 9.59 Å². The molecule has 1 aromatic carbocycles. The second-order valence-corrected chi connectivity index (χ2v) is 6.89. The number of nitrogens with zero attached hydrogens (tertiary/aromatic N) is 1. The Hall–Kier alpha value is -1.84. The van der Waals surface area contributed by atoms with E-state index in [1.807, 2.05) is 36.1 Å². The fraction of sp³-hybridized carbons (Fsp3) is 0.556. The van der Waals surface area contributed by atoms with Gasteiger partial charge in [-0.2, -0.15) is 0 Å². The molecule has 1 aliphatic heterocycles. The minimum Gasteiger partial charge on any atom is -0.342 e. The summed E-state index contributed by atoms with van der Waals surface area (Å²) in [5, 5.41) is 2.90. The van der Waals surface area contributed by atoms with Crippen LogP contribution in [0.25, 0.3) is 0 Å². The fourth-order valence-corrected chi connectivity index (χ4v) is 2.86. The van der Waals surface area contributed by atoms with E-state index < -0.39 is 5.41 Å². The molecule has 1 heterocycles. The number of piperidine rings is 1. The lowest BCUT2D eigenvalue weighted by Crippen LogP contribution is -2.50. The number of rotatable bonds is 3. The zero-order valence-corrected chi connectivity index (χ0v) is 14.0. The Labute approximate surface area is 132 Å². The van der Waals surface area contributed by atoms with Crippen LogP contribution in [-0.4, -0.2) is 29.8 Å². The number of anilines is 1. The van der Waals surface area contributed by atoms with Crippen molar-refractivity contribution >= 4 is 17.5 Å². The molecule has 1 unspecified atom stereocenters. The summed E-state index contributed by atoms with van der Waals surface area (Å²) < 4.78 is 0. The summed E-state index contributed by atoms with van der Waals surface area (Å²) in [6.45, 7) is 9.02. The molecule has 0 saturated carbocycles. The minimum absolute atomic E-state index is 0.0786. The number of amides is 2. The van der Waals surface area contributed by atoms with Gasteiger partial charge in [-0.1, -0.05) is 25.1 Å². The molecule has 1 N–H and O–H groups in total. The zero-order chi connectivity index (χ0) is 16.3. The molecule has 1 saturated heterocycles. The molecule has 120 valence electrons. The van der Waals surface area contributed by atoms with Gasteiger partial charge < -0.3 is 10.2 Å². The van der Waals surface area contributed by atoms with Crippen LogP contribution in [0, 0.1) is 18.3 Å². The highest BCUT2D eigenvalue weighted by Gasteiger charge is 2.40. The smallest absolute Gasteiger partial charge is 0.239 e. The molecular weight excluding hydrogens is 276 g/mol. The first-order chi connectivity index (χ1) is 10.3. The predicted octanol–water partition coefficient (Wildman–Crippen LogP) is 3.22. The SMILES string of the molecule is Cc1ccccc1NC(=O)C(C)(C)C(=O)N1CCCC(C)C1. The summed E-state index contributed by atoms with van der Waals surface area (Å²) in [6, 6.07) is 7.60. The van der Waals surface area contributed by atoms with Crippen LogP contribution in [0.4, 0.5) is 5.69 Å². The van der Waals surface area contributed by atoms with Gasteiger partial charge in [-0.3, -0.25) is 9.59 Å². The molecule has 22 heavy (non-hydrogen) atoms. The topological polar surface area (TPSA) is 49.4 Å². The van der Waals surface area contributed by atoms with Gasteiger partial charge in [0.2, 0.25) is 11.8 Å². The fourth-order valence-electron chi connectivity index (χ4n) is 2.86. The van der Waals surface area contributed by atoms with Gasteiger partial charge in [0.1, 0.15) is 5.41 Å². The number of nitrogens with one attached hydrogen (secondary N) is 1. The van der Waals surface area contributed by atoms with Crippen LogP contribution in [0.3, 0.4) is 0 Å². The minimum atomic E-state index is -1.06. The Kier molecular flexibility index (Phi) is 4.89. The number of aryl methyl sites for hydroxylation is 1. The largest absolute Gasteiger partial charge is 0.342 e. The van der Waals surface area contributed by atoms with Gasteiger partial charge in [0.15, 0.2) is 0 Å². The summed E-state index contributed by atoms with van der Waals surface area (Å²) in [7, 11) is 0. The van der Waals surface area contributed by atoms with Crippen molar-refractivity contribution in [2.45, 2.75) is 40.5 Å². The van der Waals surface area contributed by atoms with Crippen molar-refractivity contribution in [3.05, 3.63) is 29.8 Å². The maximum Gasteiger partial charge on any atom is 0.239 e. The van der Waals surface area contributed by atoms with Gasteiger partial charge in [0, 0.05) is 18.8 Å². The Balaban J connectivity index is 2.09. The molecule has 1 atom stereocenters. The third kappa shape index (κ3) is 3.49. The monoisotopic (exact) mass is 302 g/mol. The van der Waals surface area contributed by atoms with E-state index in [0.717, 1.165) is 37.2 Å². The lowest BCUT2D eigenvalue weighted by Gasteiger charge is -2.36. The lowest BCUT2D eigenvalue weighted by atomic mass is 9.88. The molecule has 2 rings (SSSR count). The van der Waals surface area contributed by atoms with Crippen LogP contribution in [-0.2, 0) is 9.59 Å². The van der Waals surface area contributed by atoms with E-state index in [1.54, 1.807) is 13.8 Å². The van der Waals surface area contributed by atoms with Gasteiger partial charge in [-0.05, 0) is 51.2 Å². The van der Waals surface area contributed by atoms with Crippen LogP contribution in [0.5, 0.6) is 0 Å². The third-order valence-electron chi connectivity index (χ3n) is 4.44. The highest BCUT2D eigenvalue weighted by atomic mass is 16.2. The summed E-state index contributed by atoms with van der Waals surface area (Å²) in [5.41, 5.74) is 0.699. The van der Waals surface area contributed by atoms with E-state index in [2.05, 4.69) is 12.2 Å². The Morgan fingerprint density at radius 2 is 1.95 bits per heavy atom. The number of likely N-dealkylation sites (tertiary alicyclic amines) is 1. The zero-order valence-electron chi connectivity index (χ0n) is 14.0. The van der Waals surface area contributed by atoms with Crippen LogP contribution in [0.15, 0.2) is 24.3 Å². The van der Waals surface area contributed by atoms with Crippen molar-refractivity contribution in [2.24, 2.45) is 11.3 Å². The molecule has 0 aromatic heterocycles. The maximum absolute atomic E-state index is 12.7. The van der Waals surface area contributed by atoms with E-state index in [9.17, 15) is 9.59 Å². The summed E-state index contributed by atoms with van der Waals surface area (Å²) in [4.78, 5) is 27.2. The Morgan fingerprint density at radius 3 is 2.59 bits per heavy atom. The number of carbonyl (C=O) groups is 2. The molecule has 1 aromatic rings. The van der Waals surface area contributed by atoms with E-state index in [-0.39, 0.29) is 11.8 Å². The van der Waals surface area contributed by atoms with Gasteiger partial charge in [0.25, 0.3) is 0 Å². The molecule has 1 fully saturated rings. The molecule has 0 radical (unpaired) electrons. The van der Waals surface area contributed by atoms with E-state index in [0.29, 0.717) is 5.92 Å². The van der Waals surface area contributed by atoms with Crippen molar-refractivity contribution in [3.8, 4) is 0 Å². The van der Waals surface area contributed by atoms with Crippen molar-refractivity contribution in [1.29, 1.82) is 0 Å². The number of benzene rings is 1. The van der Waals surface area contributed by atoms with Crippen LogP contribution in [0.2, 0.25) is 0 Å². The van der Waals surface area contributed by atoms with Crippen molar-refractivity contribution in [3.63, 3.8) is 0 Å². The molecule has 1 aliphatic rings. The first-order valence-electron chi connectivity index (χ1n) is 7.99. The van der Waals surface area contributed by atoms with Crippen LogP contribution in [0.1, 0.15) is 39.2 Å². The second kappa shape index (κ2) is 6.51. The van der Waals surface area contributed by atoms with Gasteiger partial charge >= 0.3 is 0 Å². The molecule has 4 nitrogen and oxygen atoms in total. The maximum atomic E-state index is 12.7. The molecule has 0 bridgehead atoms. The average molecular weight is 302 g/mol. The van der Waals surface area contributed by atoms with Crippen LogP contribution >= 0.6 is 0 Å². The standard InChI is InChI=1S/C18H26N2O2/c1-13-8-7-11-20(12-13)17(22)18(3,4)16(21)19-15-10-6-5-9-14(15)2/h5-6,9-10,13H,7-8,11-12H2,1-4H3,(H,19,21). The van der Waals surface area contributed by atoms with Crippen molar-refractivity contribution in [1.82, 2.24) is 4.90 Å². The number of hydrogen-bond donors (Lipinski definition) is 1. The highest BCUT2D eigenvalue weighted by molar-refractivity contribution is 6.10. The predicted molar refractivity (Wildman–Crippen MR) is 88.6 cm³/mol. The molecule has 4 heteroatoms. The quantitative estimate of drug-likeness (QED) is 0.872. The van der Waals surface area contributed by atoms with Gasteiger partial charge in [-0.25, -0.2) is 0 Å². The first kappa shape index (κ1) is 16.5. The van der Waals surface area contributed by atoms with Crippen molar-refractivity contribution in [2.75, 3.05) is 18.4 Å². The molecule has 0 aliphatic carbocycles. The molecule has 2 amide bonds. The number of para-hydroxylation sites is 1. The third-order valence-corrected chi connectivity index (χ3v) is 4.44. The van der Waals surface area contributed by atoms with E-state index in [4.69, 9.17) is 0 Å². The summed E-state index contributed by atoms with van der Waals surface area (Å²) >= 11 is 0. The average Bonchev–Trinajstić information content (AvgIpc) is 2.48.